The fourth-order valence-electron chi connectivity index (χ4n) is 3.74. The number of ether oxygens (including phenoxy) is 3. The van der Waals surface area contributed by atoms with Gasteiger partial charge in [0.1, 0.15) is 4.93 Å². The van der Waals surface area contributed by atoms with E-state index in [0.717, 1.165) is 23.8 Å². The summed E-state index contributed by atoms with van der Waals surface area (Å²) in [6.45, 7) is 12.9. The molecule has 0 unspecified atom stereocenters. The van der Waals surface area contributed by atoms with Crippen molar-refractivity contribution in [1.29, 1.82) is 0 Å². The molecule has 1 amide bonds. The highest BCUT2D eigenvalue weighted by Crippen LogP contribution is 2.38. The number of nitrogens with one attached hydrogen (secondary N) is 3. The van der Waals surface area contributed by atoms with Crippen LogP contribution < -0.4 is 16.0 Å². The number of hydrogen-bond acceptors (Lipinski definition) is 12. The molecule has 1 rings (SSSR count). The second-order valence-corrected chi connectivity index (χ2v) is 15.9. The first kappa shape index (κ1) is 45.4. The molecule has 1 fully saturated rings. The predicted molar refractivity (Wildman–Crippen MR) is 194 cm³/mol. The van der Waals surface area contributed by atoms with Crippen molar-refractivity contribution in [2.45, 2.75) is 88.5 Å². The van der Waals surface area contributed by atoms with Crippen LogP contribution in [0.5, 0.6) is 0 Å². The number of ketones is 1. The third-order valence-corrected chi connectivity index (χ3v) is 11.6. The number of nitrogens with zero attached hydrogens (tertiary/aromatic N) is 1. The van der Waals surface area contributed by atoms with Gasteiger partial charge in [0.25, 0.3) is 0 Å². The van der Waals surface area contributed by atoms with Crippen LogP contribution in [0.15, 0.2) is 0 Å². The number of likely N-dealkylation sites (N-methyl/N-ethyl adjacent to an activating group) is 1. The largest absolute Gasteiger partial charge is 0.368 e. The molecular weight excluding hydrogens is 625 g/mol. The average Bonchev–Trinajstić information content (AvgIpc) is 3.26. The number of thiol groups is 2. The van der Waals surface area contributed by atoms with Gasteiger partial charge in [-0.2, -0.15) is 25.3 Å². The van der Waals surface area contributed by atoms with E-state index in [1.165, 1.54) is 12.8 Å². The van der Waals surface area contributed by atoms with Crippen molar-refractivity contribution in [1.82, 2.24) is 20.9 Å². The van der Waals surface area contributed by atoms with Gasteiger partial charge in [-0.05, 0) is 93.7 Å². The summed E-state index contributed by atoms with van der Waals surface area (Å²) in [6.07, 6.45) is 2.68. The van der Waals surface area contributed by atoms with E-state index in [1.54, 1.807) is 51.9 Å². The van der Waals surface area contributed by atoms with Crippen LogP contribution in [0.1, 0.15) is 60.8 Å². The van der Waals surface area contributed by atoms with Crippen LogP contribution in [0.3, 0.4) is 0 Å². The summed E-state index contributed by atoms with van der Waals surface area (Å²) in [5, 5.41) is 9.12. The Balaban J connectivity index is 0. The van der Waals surface area contributed by atoms with Gasteiger partial charge in [-0.15, -0.1) is 23.5 Å². The predicted octanol–water partition coefficient (Wildman–Crippen LogP) is 4.27. The lowest BCUT2D eigenvalue weighted by Crippen LogP contribution is -2.44. The number of methoxy groups -OCH3 is 3. The molecule has 9 nitrogen and oxygen atoms in total. The molecule has 1 aliphatic rings. The van der Waals surface area contributed by atoms with Crippen LogP contribution in [0.2, 0.25) is 0 Å². The van der Waals surface area contributed by atoms with Crippen LogP contribution in [-0.2, 0) is 23.8 Å². The summed E-state index contributed by atoms with van der Waals surface area (Å²) in [5.74, 6) is 3.25. The van der Waals surface area contributed by atoms with E-state index in [0.29, 0.717) is 17.7 Å². The fourth-order valence-corrected chi connectivity index (χ4v) is 6.72. The molecule has 0 aliphatic carbocycles. The number of amides is 1. The van der Waals surface area contributed by atoms with Gasteiger partial charge >= 0.3 is 0 Å². The summed E-state index contributed by atoms with van der Waals surface area (Å²) in [6, 6.07) is 0.435. The molecule has 0 radical (unpaired) electrons. The van der Waals surface area contributed by atoms with Gasteiger partial charge in [-0.25, -0.2) is 0 Å². The lowest BCUT2D eigenvalue weighted by molar-refractivity contribution is -0.178. The first-order valence-electron chi connectivity index (χ1n) is 14.9. The monoisotopic (exact) mass is 688 g/mol. The zero-order chi connectivity index (χ0) is 33.9. The summed E-state index contributed by atoms with van der Waals surface area (Å²) in [7, 11) is 12.5. The number of Topliss-reactive ketones (excluding diaryl/α,β-unsaturated/α-hetero) is 1. The SMILES string of the molecule is CNC(=O)[C@H](CSC(C)(C)OC)CC(=O)[C@@H]1CSC(C)(C)N1C.CNC[C@H](CS)CC[C@H](CS)NC.COC(C)(C)OC. The van der Waals surface area contributed by atoms with E-state index in [1.807, 2.05) is 48.8 Å². The first-order valence-corrected chi connectivity index (χ1v) is 18.1. The second-order valence-electron chi connectivity index (χ2n) is 11.9. The molecule has 0 aromatic carbocycles. The fraction of sp³-hybridized carbons (Fsp3) is 0.933. The van der Waals surface area contributed by atoms with E-state index in [2.05, 4.69) is 60.0 Å². The van der Waals surface area contributed by atoms with Gasteiger partial charge in [0.15, 0.2) is 11.6 Å². The lowest BCUT2D eigenvalue weighted by atomic mass is 9.99. The van der Waals surface area contributed by atoms with Gasteiger partial charge in [0.05, 0.1) is 16.8 Å². The molecule has 43 heavy (non-hydrogen) atoms. The zero-order valence-corrected chi connectivity index (χ0v) is 32.6. The molecule has 4 atom stereocenters. The van der Waals surface area contributed by atoms with Crippen molar-refractivity contribution in [3.8, 4) is 0 Å². The molecular formula is C30H64N4O5S4. The third kappa shape index (κ3) is 19.5. The topological polar surface area (TPSA) is 101 Å². The molecule has 0 aromatic rings. The third-order valence-electron chi connectivity index (χ3n) is 7.76. The van der Waals surface area contributed by atoms with Crippen molar-refractivity contribution in [2.24, 2.45) is 11.8 Å². The number of thioether (sulfide) groups is 2. The van der Waals surface area contributed by atoms with E-state index in [4.69, 9.17) is 14.2 Å². The summed E-state index contributed by atoms with van der Waals surface area (Å²) < 4.78 is 15.1. The van der Waals surface area contributed by atoms with E-state index < -0.39 is 5.79 Å². The molecule has 0 saturated carbocycles. The van der Waals surface area contributed by atoms with Crippen molar-refractivity contribution >= 4 is 60.5 Å². The molecule has 1 aliphatic heterocycles. The Bertz CT molecular complexity index is 752. The Kier molecular flexibility index (Phi) is 24.9. The molecule has 0 bridgehead atoms. The quantitative estimate of drug-likeness (QED) is 0.106. The highest BCUT2D eigenvalue weighted by molar-refractivity contribution is 8.01. The molecule has 3 N–H and O–H groups in total. The smallest absolute Gasteiger partial charge is 0.224 e. The summed E-state index contributed by atoms with van der Waals surface area (Å²) in [4.78, 5) is 26.6. The number of hydrogen-bond donors (Lipinski definition) is 5. The van der Waals surface area contributed by atoms with E-state index in [-0.39, 0.29) is 39.9 Å². The lowest BCUT2D eigenvalue weighted by Gasteiger charge is -2.30. The van der Waals surface area contributed by atoms with E-state index >= 15 is 0 Å². The van der Waals surface area contributed by atoms with Crippen LogP contribution in [0.4, 0.5) is 0 Å². The van der Waals surface area contributed by atoms with Gasteiger partial charge < -0.3 is 30.2 Å². The van der Waals surface area contributed by atoms with Crippen LogP contribution in [-0.4, -0.2) is 123 Å². The van der Waals surface area contributed by atoms with Crippen LogP contribution >= 0.6 is 48.8 Å². The highest BCUT2D eigenvalue weighted by atomic mass is 32.2. The Labute approximate surface area is 283 Å². The Morgan fingerprint density at radius 3 is 1.95 bits per heavy atom. The number of carbonyl (C=O) groups excluding carboxylic acids is 2. The average molecular weight is 689 g/mol. The second kappa shape index (κ2) is 23.6. The van der Waals surface area contributed by atoms with Gasteiger partial charge in [-0.1, -0.05) is 0 Å². The van der Waals surface area contributed by atoms with Crippen molar-refractivity contribution in [2.75, 3.05) is 79.1 Å². The van der Waals surface area contributed by atoms with Gasteiger partial charge in [0.2, 0.25) is 5.91 Å². The molecule has 258 valence electrons. The number of rotatable bonds is 18. The van der Waals surface area contributed by atoms with Crippen molar-refractivity contribution in [3.63, 3.8) is 0 Å². The molecule has 1 saturated heterocycles. The van der Waals surface area contributed by atoms with Crippen molar-refractivity contribution < 1.29 is 23.8 Å². The zero-order valence-electron chi connectivity index (χ0n) is 29.2. The Hall–Kier alpha value is 0.300. The van der Waals surface area contributed by atoms with Crippen LogP contribution in [0, 0.1) is 11.8 Å². The van der Waals surface area contributed by atoms with Crippen LogP contribution in [0.25, 0.3) is 0 Å². The molecule has 0 aromatic heterocycles. The summed E-state index contributed by atoms with van der Waals surface area (Å²) in [5.41, 5.74) is 0. The normalized spacial score (nSPS) is 18.9. The Morgan fingerprint density at radius 1 is 1.02 bits per heavy atom. The molecule has 13 heteroatoms. The summed E-state index contributed by atoms with van der Waals surface area (Å²) >= 11 is 12.0. The minimum atomic E-state index is -0.417. The molecule has 1 heterocycles. The van der Waals surface area contributed by atoms with E-state index in [9.17, 15) is 9.59 Å². The standard InChI is InChI=1S/C16H30N2O3S2.C9H22N2S2.C5H12O2/c1-15(2)18(6)12(10-22-15)13(19)8-11(14(20)17-5)9-23-16(3,4)21-7;1-10-5-8(6-12)3-4-9(7-13)11-2;1-5(2,6-3)7-4/h11-12H,8-10H2,1-7H3,(H,17,20);8-13H,3-7H2,1-2H3;1-4H3/t11-,12-;8-,9-;/m01./s1. The highest BCUT2D eigenvalue weighted by Gasteiger charge is 2.41. The Morgan fingerprint density at radius 2 is 1.60 bits per heavy atom. The number of carbonyl (C=O) groups is 2. The minimum Gasteiger partial charge on any atom is -0.368 e. The maximum Gasteiger partial charge on any atom is 0.224 e. The maximum absolute atomic E-state index is 12.7. The minimum absolute atomic E-state index is 0.0321. The van der Waals surface area contributed by atoms with Crippen molar-refractivity contribution in [3.05, 3.63) is 0 Å². The van der Waals surface area contributed by atoms with Gasteiger partial charge in [-0.3, -0.25) is 14.5 Å². The molecule has 0 spiro atoms. The first-order chi connectivity index (χ1) is 19.9. The maximum atomic E-state index is 12.7. The van der Waals surface area contributed by atoms with Gasteiger partial charge in [0, 0.05) is 58.1 Å².